The van der Waals surface area contributed by atoms with Crippen LogP contribution in [0.25, 0.3) is 0 Å². The molecule has 0 bridgehead atoms. The normalized spacial score (nSPS) is 11.3. The summed E-state index contributed by atoms with van der Waals surface area (Å²) in [5.41, 5.74) is 7.91. The third-order valence-electron chi connectivity index (χ3n) is 3.29. The van der Waals surface area contributed by atoms with Crippen LogP contribution in [0.4, 0.5) is 0 Å². The number of methoxy groups -OCH3 is 1. The van der Waals surface area contributed by atoms with Crippen molar-refractivity contribution >= 4 is 0 Å². The largest absolute Gasteiger partial charge is 0.496 e. The molecule has 0 aromatic heterocycles. The van der Waals surface area contributed by atoms with Gasteiger partial charge in [-0.05, 0) is 31.9 Å². The third kappa shape index (κ3) is 4.82. The molecule has 0 aliphatic rings. The van der Waals surface area contributed by atoms with Crippen LogP contribution in [0.5, 0.6) is 5.75 Å². The van der Waals surface area contributed by atoms with Gasteiger partial charge in [-0.15, -0.1) is 0 Å². The minimum atomic E-state index is 0.235. The monoisotopic (exact) mass is 266 g/mol. The van der Waals surface area contributed by atoms with Crippen LogP contribution < -0.4 is 10.5 Å². The number of hydrogen-bond acceptors (Lipinski definition) is 4. The van der Waals surface area contributed by atoms with E-state index in [1.165, 1.54) is 5.56 Å². The Morgan fingerprint density at radius 3 is 2.63 bits per heavy atom. The lowest BCUT2D eigenvalue weighted by Crippen LogP contribution is -2.31. The Hall–Kier alpha value is -1.10. The van der Waals surface area contributed by atoms with Crippen molar-refractivity contribution in [3.05, 3.63) is 29.3 Å². The van der Waals surface area contributed by atoms with Gasteiger partial charge < -0.3 is 15.6 Å². The summed E-state index contributed by atoms with van der Waals surface area (Å²) in [6, 6.07) is 6.63. The van der Waals surface area contributed by atoms with E-state index in [0.29, 0.717) is 12.6 Å². The zero-order valence-electron chi connectivity index (χ0n) is 12.2. The maximum Gasteiger partial charge on any atom is 0.123 e. The summed E-state index contributed by atoms with van der Waals surface area (Å²) >= 11 is 0. The minimum Gasteiger partial charge on any atom is -0.496 e. The van der Waals surface area contributed by atoms with E-state index in [0.717, 1.165) is 30.8 Å². The highest BCUT2D eigenvalue weighted by Crippen LogP contribution is 2.21. The average Bonchev–Trinajstić information content (AvgIpc) is 2.42. The van der Waals surface area contributed by atoms with Crippen molar-refractivity contribution in [2.75, 3.05) is 20.3 Å². The molecule has 0 saturated heterocycles. The highest BCUT2D eigenvalue weighted by Gasteiger charge is 2.11. The molecule has 0 radical (unpaired) electrons. The molecule has 4 nitrogen and oxygen atoms in total. The molecule has 19 heavy (non-hydrogen) atoms. The molecule has 0 fully saturated rings. The Morgan fingerprint density at radius 1 is 1.37 bits per heavy atom. The highest BCUT2D eigenvalue weighted by atomic mass is 16.5. The van der Waals surface area contributed by atoms with Crippen LogP contribution in [0, 0.1) is 0 Å². The number of hydrogen-bond donors (Lipinski definition) is 2. The van der Waals surface area contributed by atoms with Crippen LogP contribution in [0.15, 0.2) is 18.2 Å². The fraction of sp³-hybridized carbons (Fsp3) is 0.600. The maximum absolute atomic E-state index is 8.95. The maximum atomic E-state index is 8.95. The lowest BCUT2D eigenvalue weighted by atomic mass is 10.1. The van der Waals surface area contributed by atoms with Gasteiger partial charge in [0, 0.05) is 37.8 Å². The summed E-state index contributed by atoms with van der Waals surface area (Å²) in [6.07, 6.45) is 0.802. The first-order valence-corrected chi connectivity index (χ1v) is 6.83. The second-order valence-corrected chi connectivity index (χ2v) is 4.99. The molecule has 1 rings (SSSR count). The zero-order valence-corrected chi connectivity index (χ0v) is 12.2. The van der Waals surface area contributed by atoms with E-state index < -0.39 is 0 Å². The summed E-state index contributed by atoms with van der Waals surface area (Å²) in [5, 5.41) is 8.95. The van der Waals surface area contributed by atoms with Crippen molar-refractivity contribution in [1.29, 1.82) is 0 Å². The van der Waals surface area contributed by atoms with Gasteiger partial charge >= 0.3 is 0 Å². The lowest BCUT2D eigenvalue weighted by molar-refractivity contribution is 0.184. The van der Waals surface area contributed by atoms with Crippen LogP contribution in [0.2, 0.25) is 0 Å². The van der Waals surface area contributed by atoms with E-state index in [2.05, 4.69) is 30.9 Å². The predicted octanol–water partition coefficient (Wildman–Crippen LogP) is 1.75. The first kappa shape index (κ1) is 16.0. The van der Waals surface area contributed by atoms with Gasteiger partial charge in [-0.3, -0.25) is 4.90 Å². The van der Waals surface area contributed by atoms with Crippen molar-refractivity contribution in [3.63, 3.8) is 0 Å². The third-order valence-corrected chi connectivity index (χ3v) is 3.29. The number of nitrogens with zero attached hydrogens (tertiary/aromatic N) is 1. The number of aliphatic hydroxyl groups excluding tert-OH is 1. The lowest BCUT2D eigenvalue weighted by Gasteiger charge is -2.26. The number of ether oxygens (including phenoxy) is 1. The van der Waals surface area contributed by atoms with E-state index >= 15 is 0 Å². The summed E-state index contributed by atoms with van der Waals surface area (Å²) in [6.45, 7) is 6.82. The molecule has 0 aliphatic heterocycles. The molecule has 4 heteroatoms. The smallest absolute Gasteiger partial charge is 0.123 e. The summed E-state index contributed by atoms with van der Waals surface area (Å²) in [5.74, 6) is 0.853. The SMILES string of the molecule is COc1cc(CN(CCCO)C(C)C)ccc1CN. The molecule has 1 aromatic carbocycles. The Morgan fingerprint density at radius 2 is 2.11 bits per heavy atom. The van der Waals surface area contributed by atoms with Crippen molar-refractivity contribution in [2.45, 2.75) is 39.4 Å². The second kappa shape index (κ2) is 8.15. The molecule has 0 heterocycles. The van der Waals surface area contributed by atoms with Crippen LogP contribution in [-0.4, -0.2) is 36.3 Å². The molecule has 0 saturated carbocycles. The summed E-state index contributed by atoms with van der Waals surface area (Å²) in [7, 11) is 1.67. The van der Waals surface area contributed by atoms with E-state index in [1.807, 2.05) is 6.07 Å². The Bertz CT molecular complexity index is 380. The zero-order chi connectivity index (χ0) is 14.3. The van der Waals surface area contributed by atoms with Gasteiger partial charge in [0.1, 0.15) is 5.75 Å². The second-order valence-electron chi connectivity index (χ2n) is 4.99. The Balaban J connectivity index is 2.78. The van der Waals surface area contributed by atoms with Gasteiger partial charge in [0.15, 0.2) is 0 Å². The van der Waals surface area contributed by atoms with E-state index in [9.17, 15) is 0 Å². The summed E-state index contributed by atoms with van der Waals surface area (Å²) in [4.78, 5) is 2.34. The van der Waals surface area contributed by atoms with Gasteiger partial charge in [-0.25, -0.2) is 0 Å². The van der Waals surface area contributed by atoms with Gasteiger partial charge in [-0.1, -0.05) is 12.1 Å². The summed E-state index contributed by atoms with van der Waals surface area (Å²) < 4.78 is 5.36. The Labute approximate surface area is 116 Å². The highest BCUT2D eigenvalue weighted by molar-refractivity contribution is 5.37. The molecule has 0 amide bonds. The fourth-order valence-corrected chi connectivity index (χ4v) is 2.08. The quantitative estimate of drug-likeness (QED) is 0.752. The van der Waals surface area contributed by atoms with Crippen molar-refractivity contribution in [1.82, 2.24) is 4.90 Å². The molecule has 1 aromatic rings. The molecule has 0 spiro atoms. The first-order chi connectivity index (χ1) is 9.12. The van der Waals surface area contributed by atoms with Crippen molar-refractivity contribution in [3.8, 4) is 5.75 Å². The van der Waals surface area contributed by atoms with Gasteiger partial charge in [0.25, 0.3) is 0 Å². The minimum absolute atomic E-state index is 0.235. The standard InChI is InChI=1S/C15H26N2O2/c1-12(2)17(7-4-8-18)11-13-5-6-14(10-16)15(9-13)19-3/h5-6,9,12,18H,4,7-8,10-11,16H2,1-3H3. The topological polar surface area (TPSA) is 58.7 Å². The van der Waals surface area contributed by atoms with E-state index in [-0.39, 0.29) is 6.61 Å². The molecule has 108 valence electrons. The molecular weight excluding hydrogens is 240 g/mol. The molecule has 3 N–H and O–H groups in total. The fourth-order valence-electron chi connectivity index (χ4n) is 2.08. The average molecular weight is 266 g/mol. The van der Waals surface area contributed by atoms with Gasteiger partial charge in [0.2, 0.25) is 0 Å². The molecule has 0 unspecified atom stereocenters. The molecule has 0 atom stereocenters. The van der Waals surface area contributed by atoms with E-state index in [1.54, 1.807) is 7.11 Å². The van der Waals surface area contributed by atoms with Gasteiger partial charge in [0.05, 0.1) is 7.11 Å². The predicted molar refractivity (Wildman–Crippen MR) is 78.1 cm³/mol. The van der Waals surface area contributed by atoms with Gasteiger partial charge in [-0.2, -0.15) is 0 Å². The van der Waals surface area contributed by atoms with E-state index in [4.69, 9.17) is 15.6 Å². The number of rotatable bonds is 8. The number of aliphatic hydroxyl groups is 1. The first-order valence-electron chi connectivity index (χ1n) is 6.83. The van der Waals surface area contributed by atoms with Crippen molar-refractivity contribution in [2.24, 2.45) is 5.73 Å². The molecule has 0 aliphatic carbocycles. The van der Waals surface area contributed by atoms with Crippen LogP contribution in [-0.2, 0) is 13.1 Å². The number of nitrogens with two attached hydrogens (primary N) is 1. The number of benzene rings is 1. The van der Waals surface area contributed by atoms with Crippen molar-refractivity contribution < 1.29 is 9.84 Å². The Kier molecular flexibility index (Phi) is 6.84. The van der Waals surface area contributed by atoms with Crippen LogP contribution in [0.3, 0.4) is 0 Å². The van der Waals surface area contributed by atoms with Crippen LogP contribution in [0.1, 0.15) is 31.4 Å². The van der Waals surface area contributed by atoms with Crippen LogP contribution >= 0.6 is 0 Å². The molecular formula is C15H26N2O2.